The fourth-order valence-corrected chi connectivity index (χ4v) is 2.94. The van der Waals surface area contributed by atoms with E-state index in [2.05, 4.69) is 19.2 Å². The number of nitrogens with two attached hydrogens (primary N) is 1. The van der Waals surface area contributed by atoms with Crippen LogP contribution in [0.3, 0.4) is 0 Å². The topological polar surface area (TPSA) is 64.3 Å². The molecule has 1 saturated heterocycles. The molecule has 2 atom stereocenters. The third-order valence-electron chi connectivity index (χ3n) is 4.13. The number of hydrogen-bond donors (Lipinski definition) is 2. The van der Waals surface area contributed by atoms with Crippen LogP contribution >= 0.6 is 0 Å². The van der Waals surface area contributed by atoms with Crippen molar-refractivity contribution >= 4 is 5.91 Å². The van der Waals surface area contributed by atoms with Gasteiger partial charge in [-0.05, 0) is 36.5 Å². The minimum absolute atomic E-state index is 0.0216. The second-order valence-corrected chi connectivity index (χ2v) is 6.09. The molecule has 21 heavy (non-hydrogen) atoms. The molecular weight excluding hydrogens is 264 g/mol. The van der Waals surface area contributed by atoms with Gasteiger partial charge in [0.05, 0.1) is 6.10 Å². The van der Waals surface area contributed by atoms with E-state index in [0.29, 0.717) is 30.5 Å². The van der Waals surface area contributed by atoms with Crippen LogP contribution in [0.2, 0.25) is 0 Å². The first kappa shape index (κ1) is 16.0. The highest BCUT2D eigenvalue weighted by Crippen LogP contribution is 2.25. The highest BCUT2D eigenvalue weighted by molar-refractivity contribution is 5.94. The van der Waals surface area contributed by atoms with E-state index in [9.17, 15) is 4.79 Å². The van der Waals surface area contributed by atoms with Crippen LogP contribution in [0.4, 0.5) is 0 Å². The SMILES string of the molecule is CC(C)C1OCCCC1CNC(=O)c1ccc(CN)cc1. The van der Waals surface area contributed by atoms with E-state index >= 15 is 0 Å². The lowest BCUT2D eigenvalue weighted by Crippen LogP contribution is -2.41. The lowest BCUT2D eigenvalue weighted by atomic mass is 9.87. The van der Waals surface area contributed by atoms with Crippen molar-refractivity contribution in [1.82, 2.24) is 5.32 Å². The van der Waals surface area contributed by atoms with Crippen molar-refractivity contribution in [2.24, 2.45) is 17.6 Å². The summed E-state index contributed by atoms with van der Waals surface area (Å²) in [6, 6.07) is 7.45. The van der Waals surface area contributed by atoms with Gasteiger partial charge in [-0.1, -0.05) is 26.0 Å². The Kier molecular flexibility index (Phi) is 5.76. The lowest BCUT2D eigenvalue weighted by Gasteiger charge is -2.34. The standard InChI is InChI=1S/C17H26N2O2/c1-12(2)16-15(4-3-9-21-16)11-19-17(20)14-7-5-13(10-18)6-8-14/h5-8,12,15-16H,3-4,9-11,18H2,1-2H3,(H,19,20). The molecule has 1 aromatic carbocycles. The molecule has 4 heteroatoms. The van der Waals surface area contributed by atoms with E-state index in [1.807, 2.05) is 24.3 Å². The van der Waals surface area contributed by atoms with Gasteiger partial charge < -0.3 is 15.8 Å². The van der Waals surface area contributed by atoms with Crippen molar-refractivity contribution in [2.45, 2.75) is 39.3 Å². The fourth-order valence-electron chi connectivity index (χ4n) is 2.94. The van der Waals surface area contributed by atoms with E-state index in [1.54, 1.807) is 0 Å². The Labute approximate surface area is 127 Å². The number of carbonyl (C=O) groups excluding carboxylic acids is 1. The molecule has 2 unspecified atom stereocenters. The molecule has 1 fully saturated rings. The van der Waals surface area contributed by atoms with Crippen LogP contribution in [0.5, 0.6) is 0 Å². The van der Waals surface area contributed by atoms with Gasteiger partial charge in [0.25, 0.3) is 5.91 Å². The molecule has 1 aromatic rings. The minimum atomic E-state index is -0.0216. The summed E-state index contributed by atoms with van der Waals surface area (Å²) in [5.74, 6) is 0.869. The van der Waals surface area contributed by atoms with Crippen LogP contribution in [-0.2, 0) is 11.3 Å². The molecule has 1 amide bonds. The number of hydrogen-bond acceptors (Lipinski definition) is 3. The molecule has 116 valence electrons. The second kappa shape index (κ2) is 7.57. The van der Waals surface area contributed by atoms with Crippen LogP contribution in [0.25, 0.3) is 0 Å². The van der Waals surface area contributed by atoms with Gasteiger partial charge >= 0.3 is 0 Å². The quantitative estimate of drug-likeness (QED) is 0.874. The smallest absolute Gasteiger partial charge is 0.251 e. The Balaban J connectivity index is 1.90. The predicted molar refractivity (Wildman–Crippen MR) is 84.0 cm³/mol. The summed E-state index contributed by atoms with van der Waals surface area (Å²) < 4.78 is 5.86. The second-order valence-electron chi connectivity index (χ2n) is 6.09. The molecule has 1 aliphatic heterocycles. The van der Waals surface area contributed by atoms with Gasteiger partial charge in [0.15, 0.2) is 0 Å². The molecule has 0 radical (unpaired) electrons. The average Bonchev–Trinajstić information content (AvgIpc) is 2.52. The summed E-state index contributed by atoms with van der Waals surface area (Å²) in [5.41, 5.74) is 7.28. The summed E-state index contributed by atoms with van der Waals surface area (Å²) in [6.45, 7) is 6.37. The average molecular weight is 290 g/mol. The summed E-state index contributed by atoms with van der Waals surface area (Å²) in [6.07, 6.45) is 2.45. The van der Waals surface area contributed by atoms with Crippen LogP contribution in [0.1, 0.15) is 42.6 Å². The van der Waals surface area contributed by atoms with Crippen LogP contribution < -0.4 is 11.1 Å². The monoisotopic (exact) mass is 290 g/mol. The van der Waals surface area contributed by atoms with E-state index < -0.39 is 0 Å². The van der Waals surface area contributed by atoms with Crippen molar-refractivity contribution in [3.63, 3.8) is 0 Å². The first-order valence-corrected chi connectivity index (χ1v) is 7.80. The van der Waals surface area contributed by atoms with E-state index in [-0.39, 0.29) is 12.0 Å². The molecule has 2 rings (SSSR count). The minimum Gasteiger partial charge on any atom is -0.378 e. The van der Waals surface area contributed by atoms with Crippen LogP contribution in [0.15, 0.2) is 24.3 Å². The number of ether oxygens (including phenoxy) is 1. The third-order valence-corrected chi connectivity index (χ3v) is 4.13. The Bertz CT molecular complexity index is 456. The summed E-state index contributed by atoms with van der Waals surface area (Å²) in [5, 5.41) is 3.04. The third kappa shape index (κ3) is 4.29. The highest BCUT2D eigenvalue weighted by atomic mass is 16.5. The summed E-state index contributed by atoms with van der Waals surface area (Å²) in [4.78, 5) is 12.2. The number of benzene rings is 1. The van der Waals surface area contributed by atoms with Crippen molar-refractivity contribution < 1.29 is 9.53 Å². The Hall–Kier alpha value is -1.39. The normalized spacial score (nSPS) is 22.3. The molecular formula is C17H26N2O2. The maximum absolute atomic E-state index is 12.2. The first-order valence-electron chi connectivity index (χ1n) is 7.80. The van der Waals surface area contributed by atoms with E-state index in [4.69, 9.17) is 10.5 Å². The van der Waals surface area contributed by atoms with Crippen molar-refractivity contribution in [1.29, 1.82) is 0 Å². The number of carbonyl (C=O) groups is 1. The molecule has 0 bridgehead atoms. The zero-order chi connectivity index (χ0) is 15.2. The zero-order valence-electron chi connectivity index (χ0n) is 13.0. The molecule has 1 aliphatic rings. The molecule has 4 nitrogen and oxygen atoms in total. The van der Waals surface area contributed by atoms with Crippen LogP contribution in [0, 0.1) is 11.8 Å². The van der Waals surface area contributed by atoms with Gasteiger partial charge in [-0.15, -0.1) is 0 Å². The molecule has 3 N–H and O–H groups in total. The maximum Gasteiger partial charge on any atom is 0.251 e. The summed E-state index contributed by atoms with van der Waals surface area (Å²) in [7, 11) is 0. The highest BCUT2D eigenvalue weighted by Gasteiger charge is 2.28. The largest absolute Gasteiger partial charge is 0.378 e. The van der Waals surface area contributed by atoms with Crippen LogP contribution in [-0.4, -0.2) is 25.2 Å². The number of amides is 1. The zero-order valence-corrected chi connectivity index (χ0v) is 13.0. The Morgan fingerprint density at radius 3 is 2.71 bits per heavy atom. The Morgan fingerprint density at radius 2 is 2.10 bits per heavy atom. The molecule has 1 heterocycles. The number of rotatable bonds is 5. The number of nitrogens with one attached hydrogen (secondary N) is 1. The van der Waals surface area contributed by atoms with Crippen molar-refractivity contribution in [2.75, 3.05) is 13.2 Å². The fraction of sp³-hybridized carbons (Fsp3) is 0.588. The Morgan fingerprint density at radius 1 is 1.38 bits per heavy atom. The molecule has 0 aliphatic carbocycles. The molecule has 0 spiro atoms. The van der Waals surface area contributed by atoms with E-state index in [0.717, 1.165) is 25.0 Å². The van der Waals surface area contributed by atoms with E-state index in [1.165, 1.54) is 0 Å². The van der Waals surface area contributed by atoms with Crippen molar-refractivity contribution in [3.05, 3.63) is 35.4 Å². The van der Waals surface area contributed by atoms with Gasteiger partial charge in [-0.2, -0.15) is 0 Å². The van der Waals surface area contributed by atoms with Gasteiger partial charge in [0.2, 0.25) is 0 Å². The van der Waals surface area contributed by atoms with Gasteiger partial charge in [-0.3, -0.25) is 4.79 Å². The van der Waals surface area contributed by atoms with Gasteiger partial charge in [-0.25, -0.2) is 0 Å². The molecule has 0 aromatic heterocycles. The maximum atomic E-state index is 12.2. The van der Waals surface area contributed by atoms with Gasteiger partial charge in [0.1, 0.15) is 0 Å². The van der Waals surface area contributed by atoms with Gasteiger partial charge in [0, 0.05) is 31.2 Å². The lowest BCUT2D eigenvalue weighted by molar-refractivity contribution is -0.0510. The molecule has 0 saturated carbocycles. The van der Waals surface area contributed by atoms with Crippen molar-refractivity contribution in [3.8, 4) is 0 Å². The predicted octanol–water partition coefficient (Wildman–Crippen LogP) is 2.33. The summed E-state index contributed by atoms with van der Waals surface area (Å²) >= 11 is 0. The first-order chi connectivity index (χ1) is 10.1.